The number of carbonyl (C=O) groups is 1. The van der Waals surface area contributed by atoms with Gasteiger partial charge in [-0.25, -0.2) is 4.98 Å². The number of hydrogen-bond acceptors (Lipinski definition) is 5. The van der Waals surface area contributed by atoms with Gasteiger partial charge in [0.25, 0.3) is 5.91 Å². The number of carbonyl (C=O) groups excluding carboxylic acids is 1. The van der Waals surface area contributed by atoms with Crippen LogP contribution in [-0.4, -0.2) is 53.3 Å². The van der Waals surface area contributed by atoms with Crippen molar-refractivity contribution in [3.8, 4) is 0 Å². The molecule has 1 aromatic carbocycles. The van der Waals surface area contributed by atoms with Gasteiger partial charge in [-0.3, -0.25) is 9.78 Å². The fourth-order valence-corrected chi connectivity index (χ4v) is 3.52. The first-order chi connectivity index (χ1) is 13.6. The van der Waals surface area contributed by atoms with E-state index in [9.17, 15) is 4.79 Å². The first kappa shape index (κ1) is 18.4. The van der Waals surface area contributed by atoms with E-state index in [0.717, 1.165) is 41.5 Å². The zero-order valence-corrected chi connectivity index (χ0v) is 16.3. The van der Waals surface area contributed by atoms with Crippen LogP contribution in [0.15, 0.2) is 36.4 Å². The van der Waals surface area contributed by atoms with Crippen molar-refractivity contribution < 1.29 is 9.53 Å². The van der Waals surface area contributed by atoms with Crippen molar-refractivity contribution in [1.29, 1.82) is 0 Å². The van der Waals surface area contributed by atoms with Crippen molar-refractivity contribution in [1.82, 2.24) is 19.9 Å². The van der Waals surface area contributed by atoms with Crippen LogP contribution in [0.25, 0.3) is 11.0 Å². The Morgan fingerprint density at radius 3 is 2.79 bits per heavy atom. The Kier molecular flexibility index (Phi) is 5.25. The molecule has 1 aliphatic rings. The summed E-state index contributed by atoms with van der Waals surface area (Å²) in [7, 11) is 2.01. The van der Waals surface area contributed by atoms with Crippen LogP contribution in [0.3, 0.4) is 0 Å². The minimum atomic E-state index is -0.0897. The topological polar surface area (TPSA) is 72.3 Å². The van der Waals surface area contributed by atoms with Crippen LogP contribution in [0.4, 0.5) is 5.95 Å². The maximum Gasteiger partial charge on any atom is 0.251 e. The molecule has 1 N–H and O–H groups in total. The van der Waals surface area contributed by atoms with E-state index in [-0.39, 0.29) is 5.91 Å². The first-order valence-electron chi connectivity index (χ1n) is 9.62. The summed E-state index contributed by atoms with van der Waals surface area (Å²) in [5.41, 5.74) is 4.44. The van der Waals surface area contributed by atoms with Gasteiger partial charge < -0.3 is 19.5 Å². The molecule has 4 rings (SSSR count). The molecule has 1 aliphatic heterocycles. The van der Waals surface area contributed by atoms with Crippen molar-refractivity contribution in [3.05, 3.63) is 53.3 Å². The van der Waals surface area contributed by atoms with E-state index in [1.54, 1.807) is 0 Å². The second-order valence-electron chi connectivity index (χ2n) is 7.05. The number of aromatic nitrogens is 3. The Labute approximate surface area is 164 Å². The predicted octanol–water partition coefficient (Wildman–Crippen LogP) is 2.09. The maximum atomic E-state index is 12.5. The molecule has 0 saturated carbocycles. The van der Waals surface area contributed by atoms with Crippen molar-refractivity contribution in [2.24, 2.45) is 7.05 Å². The third-order valence-electron chi connectivity index (χ3n) is 5.03. The number of pyridine rings is 1. The number of nitrogens with one attached hydrogen (secondary N) is 1. The van der Waals surface area contributed by atoms with Crippen LogP contribution in [0.1, 0.15) is 21.7 Å². The van der Waals surface area contributed by atoms with Gasteiger partial charge in [-0.05, 0) is 37.3 Å². The molecule has 146 valence electrons. The number of aryl methyl sites for hydroxylation is 2. The number of benzene rings is 1. The molecule has 0 aliphatic carbocycles. The lowest BCUT2D eigenvalue weighted by molar-refractivity contribution is 0.0954. The summed E-state index contributed by atoms with van der Waals surface area (Å²) in [6.45, 7) is 5.61. The Balaban J connectivity index is 1.45. The van der Waals surface area contributed by atoms with E-state index >= 15 is 0 Å². The summed E-state index contributed by atoms with van der Waals surface area (Å²) in [6.07, 6.45) is 0.709. The lowest BCUT2D eigenvalue weighted by Gasteiger charge is -2.27. The molecule has 0 spiro atoms. The van der Waals surface area contributed by atoms with E-state index in [4.69, 9.17) is 9.72 Å². The second-order valence-corrected chi connectivity index (χ2v) is 7.05. The van der Waals surface area contributed by atoms with Gasteiger partial charge >= 0.3 is 0 Å². The van der Waals surface area contributed by atoms with Crippen molar-refractivity contribution in [2.75, 3.05) is 37.7 Å². The summed E-state index contributed by atoms with van der Waals surface area (Å²) in [4.78, 5) is 24.0. The van der Waals surface area contributed by atoms with Crippen molar-refractivity contribution in [2.45, 2.75) is 13.3 Å². The van der Waals surface area contributed by atoms with Gasteiger partial charge in [0, 0.05) is 50.1 Å². The third kappa shape index (κ3) is 3.84. The molecule has 3 aromatic rings. The Morgan fingerprint density at radius 1 is 1.18 bits per heavy atom. The molecule has 0 radical (unpaired) electrons. The Hall–Kier alpha value is -2.93. The maximum absolute atomic E-state index is 12.5. The molecule has 0 bridgehead atoms. The smallest absolute Gasteiger partial charge is 0.251 e. The molecule has 0 unspecified atom stereocenters. The van der Waals surface area contributed by atoms with E-state index in [1.807, 2.05) is 50.4 Å². The summed E-state index contributed by atoms with van der Waals surface area (Å²) in [5.74, 6) is 0.828. The van der Waals surface area contributed by atoms with Crippen LogP contribution in [0.2, 0.25) is 0 Å². The minimum absolute atomic E-state index is 0.0897. The van der Waals surface area contributed by atoms with Gasteiger partial charge in [-0.1, -0.05) is 6.07 Å². The summed E-state index contributed by atoms with van der Waals surface area (Å²) in [5, 5.41) is 2.98. The Bertz CT molecular complexity index is 992. The molecule has 3 heterocycles. The summed E-state index contributed by atoms with van der Waals surface area (Å²) < 4.78 is 7.50. The number of rotatable bonds is 5. The van der Waals surface area contributed by atoms with Crippen LogP contribution in [0.5, 0.6) is 0 Å². The van der Waals surface area contributed by atoms with Gasteiger partial charge in [0.15, 0.2) is 0 Å². The molecule has 7 heteroatoms. The second kappa shape index (κ2) is 7.98. The van der Waals surface area contributed by atoms with Crippen molar-refractivity contribution in [3.63, 3.8) is 0 Å². The highest BCUT2D eigenvalue weighted by molar-refractivity contribution is 5.97. The molecule has 0 atom stereocenters. The standard InChI is InChI=1S/C21H25N5O2/c1-15-4-3-5-17(23-15)8-9-22-20(27)16-6-7-19-18(14-16)24-21(25(19)2)26-10-12-28-13-11-26/h3-7,14H,8-13H2,1-2H3,(H,22,27). The largest absolute Gasteiger partial charge is 0.378 e. The number of morpholine rings is 1. The van der Waals surface area contributed by atoms with Gasteiger partial charge in [0.05, 0.1) is 24.2 Å². The quantitative estimate of drug-likeness (QED) is 0.735. The zero-order valence-electron chi connectivity index (χ0n) is 16.3. The predicted molar refractivity (Wildman–Crippen MR) is 109 cm³/mol. The third-order valence-corrected chi connectivity index (χ3v) is 5.03. The molecule has 1 fully saturated rings. The number of imidazole rings is 1. The molecule has 7 nitrogen and oxygen atoms in total. The average molecular weight is 379 g/mol. The summed E-state index contributed by atoms with van der Waals surface area (Å²) in [6, 6.07) is 11.6. The number of fused-ring (bicyclic) bond motifs is 1. The molecule has 2 aromatic heterocycles. The van der Waals surface area contributed by atoms with Crippen molar-refractivity contribution >= 4 is 22.9 Å². The highest BCUT2D eigenvalue weighted by Gasteiger charge is 2.18. The highest BCUT2D eigenvalue weighted by Crippen LogP contribution is 2.23. The highest BCUT2D eigenvalue weighted by atomic mass is 16.5. The lowest BCUT2D eigenvalue weighted by atomic mass is 10.2. The van der Waals surface area contributed by atoms with Crippen LogP contribution < -0.4 is 10.2 Å². The van der Waals surface area contributed by atoms with Gasteiger partial charge in [0.2, 0.25) is 5.95 Å². The number of nitrogens with zero attached hydrogens (tertiary/aromatic N) is 4. The molecular formula is C21H25N5O2. The molecular weight excluding hydrogens is 354 g/mol. The molecule has 1 saturated heterocycles. The van der Waals surface area contributed by atoms with Gasteiger partial charge in [-0.2, -0.15) is 0 Å². The zero-order chi connectivity index (χ0) is 19.5. The van der Waals surface area contributed by atoms with E-state index in [2.05, 4.69) is 19.8 Å². The van der Waals surface area contributed by atoms with Crippen LogP contribution in [0, 0.1) is 6.92 Å². The normalized spacial score (nSPS) is 14.4. The first-order valence-corrected chi connectivity index (χ1v) is 9.62. The monoisotopic (exact) mass is 379 g/mol. The van der Waals surface area contributed by atoms with E-state index in [0.29, 0.717) is 31.7 Å². The lowest BCUT2D eigenvalue weighted by Crippen LogP contribution is -2.37. The number of hydrogen-bond donors (Lipinski definition) is 1. The molecule has 28 heavy (non-hydrogen) atoms. The number of anilines is 1. The van der Waals surface area contributed by atoms with Crippen LogP contribution >= 0.6 is 0 Å². The average Bonchev–Trinajstić information content (AvgIpc) is 3.05. The van der Waals surface area contributed by atoms with E-state index < -0.39 is 0 Å². The number of ether oxygens (including phenoxy) is 1. The fourth-order valence-electron chi connectivity index (χ4n) is 3.52. The Morgan fingerprint density at radius 2 is 2.00 bits per heavy atom. The number of amides is 1. The SMILES string of the molecule is Cc1cccc(CCNC(=O)c2ccc3c(c2)nc(N2CCOCC2)n3C)n1. The van der Waals surface area contributed by atoms with Crippen LogP contribution in [-0.2, 0) is 18.2 Å². The summed E-state index contributed by atoms with van der Waals surface area (Å²) >= 11 is 0. The molecule has 1 amide bonds. The van der Waals surface area contributed by atoms with Gasteiger partial charge in [-0.15, -0.1) is 0 Å². The fraction of sp³-hybridized carbons (Fsp3) is 0.381. The van der Waals surface area contributed by atoms with Gasteiger partial charge in [0.1, 0.15) is 0 Å². The minimum Gasteiger partial charge on any atom is -0.378 e. The van der Waals surface area contributed by atoms with E-state index in [1.165, 1.54) is 0 Å².